The second-order valence-electron chi connectivity index (χ2n) is 3.27. The second kappa shape index (κ2) is 5.87. The zero-order chi connectivity index (χ0) is 13.8. The van der Waals surface area contributed by atoms with E-state index in [1.807, 2.05) is 45.9 Å². The number of benzene rings is 2. The molecule has 0 saturated heterocycles. The van der Waals surface area contributed by atoms with Crippen LogP contribution in [-0.2, 0) is 10.0 Å². The molecule has 3 nitrogen and oxygen atoms in total. The number of hydrogen-bond acceptors (Lipinski definition) is 2. The van der Waals surface area contributed by atoms with E-state index in [0.717, 1.165) is 10.8 Å². The topological polar surface area (TPSA) is 46.2 Å². The average molecular weight is 265 g/mol. The molecule has 0 atom stereocenters. The molecule has 3 rings (SSSR count). The van der Waals surface area contributed by atoms with Crippen LogP contribution in [0.1, 0.15) is 27.7 Å². The van der Waals surface area contributed by atoms with Crippen molar-refractivity contribution < 1.29 is 8.42 Å². The average Bonchev–Trinajstić information content (AvgIpc) is 2.68. The lowest BCUT2D eigenvalue weighted by Gasteiger charge is -1.96. The smallest absolute Gasteiger partial charge is 0.262 e. The summed E-state index contributed by atoms with van der Waals surface area (Å²) in [6.07, 6.45) is 0. The highest BCUT2D eigenvalue weighted by atomic mass is 32.2. The van der Waals surface area contributed by atoms with Gasteiger partial charge >= 0.3 is 0 Å². The highest BCUT2D eigenvalue weighted by Crippen LogP contribution is 2.36. The molecule has 1 N–H and O–H groups in total. The van der Waals surface area contributed by atoms with Crippen molar-refractivity contribution in [2.75, 3.05) is 4.72 Å². The lowest BCUT2D eigenvalue weighted by molar-refractivity contribution is 0.603. The highest BCUT2D eigenvalue weighted by Gasteiger charge is 2.26. The zero-order valence-electron chi connectivity index (χ0n) is 11.2. The molecule has 2 aromatic rings. The van der Waals surface area contributed by atoms with E-state index < -0.39 is 10.0 Å². The van der Waals surface area contributed by atoms with E-state index >= 15 is 0 Å². The van der Waals surface area contributed by atoms with Gasteiger partial charge in [0.2, 0.25) is 0 Å². The molecule has 1 aliphatic rings. The predicted octanol–water partition coefficient (Wildman–Crippen LogP) is 4.01. The van der Waals surface area contributed by atoms with Gasteiger partial charge in [-0.05, 0) is 17.5 Å². The lowest BCUT2D eigenvalue weighted by Crippen LogP contribution is -2.05. The Morgan fingerprint density at radius 2 is 1.44 bits per heavy atom. The standard InChI is InChI=1S/C10H7NO2S.2C2H6/c12-14(13)9-6-2-4-7-3-1-5-8(11-14)10(7)9;2*1-2/h1-6,11H;2*1-2H3. The van der Waals surface area contributed by atoms with Gasteiger partial charge in [-0.25, -0.2) is 8.42 Å². The summed E-state index contributed by atoms with van der Waals surface area (Å²) in [5.41, 5.74) is 0.679. The molecule has 1 heterocycles. The van der Waals surface area contributed by atoms with E-state index in [0.29, 0.717) is 10.6 Å². The predicted molar refractivity (Wildman–Crippen MR) is 77.5 cm³/mol. The maximum absolute atomic E-state index is 11.6. The number of sulfonamides is 1. The van der Waals surface area contributed by atoms with Crippen LogP contribution >= 0.6 is 0 Å². The van der Waals surface area contributed by atoms with E-state index in [-0.39, 0.29) is 0 Å². The molecule has 2 aromatic carbocycles. The van der Waals surface area contributed by atoms with Gasteiger partial charge < -0.3 is 0 Å². The van der Waals surface area contributed by atoms with Crippen LogP contribution in [0, 0.1) is 0 Å². The summed E-state index contributed by atoms with van der Waals surface area (Å²) in [7, 11) is -3.31. The fourth-order valence-electron chi connectivity index (χ4n) is 1.82. The van der Waals surface area contributed by atoms with Crippen molar-refractivity contribution in [1.82, 2.24) is 0 Å². The van der Waals surface area contributed by atoms with Gasteiger partial charge in [0, 0.05) is 5.39 Å². The first-order valence-electron chi connectivity index (χ1n) is 6.23. The SMILES string of the molecule is CC.CC.O=S1(=O)Nc2cccc3cccc1c23. The summed E-state index contributed by atoms with van der Waals surface area (Å²) in [5.74, 6) is 0. The molecule has 1 aliphatic heterocycles. The summed E-state index contributed by atoms with van der Waals surface area (Å²) >= 11 is 0. The van der Waals surface area contributed by atoms with Crippen molar-refractivity contribution >= 4 is 26.5 Å². The van der Waals surface area contributed by atoms with Gasteiger partial charge in [-0.3, -0.25) is 4.72 Å². The van der Waals surface area contributed by atoms with Crippen molar-refractivity contribution in [3.8, 4) is 0 Å². The van der Waals surface area contributed by atoms with Crippen molar-refractivity contribution in [2.45, 2.75) is 32.6 Å². The fourth-order valence-corrected chi connectivity index (χ4v) is 3.14. The van der Waals surface area contributed by atoms with Crippen LogP contribution in [0.25, 0.3) is 10.8 Å². The molecular formula is C14H19NO2S. The fraction of sp³-hybridized carbons (Fsp3) is 0.286. The van der Waals surface area contributed by atoms with Crippen LogP contribution in [-0.4, -0.2) is 8.42 Å². The van der Waals surface area contributed by atoms with Gasteiger partial charge in [0.25, 0.3) is 10.0 Å². The number of anilines is 1. The van der Waals surface area contributed by atoms with Crippen LogP contribution < -0.4 is 4.72 Å². The summed E-state index contributed by atoms with van der Waals surface area (Å²) in [4.78, 5) is 0.380. The van der Waals surface area contributed by atoms with Crippen molar-refractivity contribution in [3.05, 3.63) is 36.4 Å². The van der Waals surface area contributed by atoms with Crippen molar-refractivity contribution in [2.24, 2.45) is 0 Å². The molecule has 4 heteroatoms. The largest absolute Gasteiger partial charge is 0.279 e. The third-order valence-corrected chi connectivity index (χ3v) is 3.81. The maximum atomic E-state index is 11.6. The minimum absolute atomic E-state index is 0.380. The normalized spacial score (nSPS) is 13.8. The van der Waals surface area contributed by atoms with E-state index in [1.165, 1.54) is 0 Å². The van der Waals surface area contributed by atoms with Gasteiger partial charge in [-0.1, -0.05) is 52.0 Å². The molecule has 0 unspecified atom stereocenters. The monoisotopic (exact) mass is 265 g/mol. The van der Waals surface area contributed by atoms with E-state index in [1.54, 1.807) is 18.2 Å². The summed E-state index contributed by atoms with van der Waals surface area (Å²) in [5, 5.41) is 1.75. The van der Waals surface area contributed by atoms with E-state index in [2.05, 4.69) is 4.72 Å². The molecule has 0 fully saturated rings. The Balaban J connectivity index is 0.000000371. The van der Waals surface area contributed by atoms with Crippen LogP contribution in [0.3, 0.4) is 0 Å². The first-order chi connectivity index (χ1) is 8.68. The minimum Gasteiger partial charge on any atom is -0.279 e. The molecule has 0 bridgehead atoms. The van der Waals surface area contributed by atoms with Crippen LogP contribution in [0.15, 0.2) is 41.3 Å². The second-order valence-corrected chi connectivity index (χ2v) is 4.92. The minimum atomic E-state index is -3.31. The number of rotatable bonds is 0. The Morgan fingerprint density at radius 3 is 2.06 bits per heavy atom. The molecule has 18 heavy (non-hydrogen) atoms. The summed E-state index contributed by atoms with van der Waals surface area (Å²) < 4.78 is 25.8. The highest BCUT2D eigenvalue weighted by molar-refractivity contribution is 7.93. The van der Waals surface area contributed by atoms with Gasteiger partial charge in [-0.15, -0.1) is 0 Å². The van der Waals surface area contributed by atoms with Gasteiger partial charge in [0.1, 0.15) is 0 Å². The van der Waals surface area contributed by atoms with E-state index in [9.17, 15) is 8.42 Å². The number of nitrogens with one attached hydrogen (secondary N) is 1. The third-order valence-electron chi connectivity index (χ3n) is 2.40. The molecule has 0 spiro atoms. The van der Waals surface area contributed by atoms with E-state index in [4.69, 9.17) is 0 Å². The Hall–Kier alpha value is -1.55. The Morgan fingerprint density at radius 1 is 0.889 bits per heavy atom. The lowest BCUT2D eigenvalue weighted by atomic mass is 10.1. The van der Waals surface area contributed by atoms with Gasteiger partial charge in [0.15, 0.2) is 0 Å². The first-order valence-corrected chi connectivity index (χ1v) is 7.71. The Kier molecular flexibility index (Phi) is 4.73. The maximum Gasteiger partial charge on any atom is 0.262 e. The van der Waals surface area contributed by atoms with Crippen molar-refractivity contribution in [3.63, 3.8) is 0 Å². The number of hydrogen-bond donors (Lipinski definition) is 1. The van der Waals surface area contributed by atoms with Crippen LogP contribution in [0.2, 0.25) is 0 Å². The summed E-state index contributed by atoms with van der Waals surface area (Å²) in [6, 6.07) is 10.8. The molecule has 98 valence electrons. The summed E-state index contributed by atoms with van der Waals surface area (Å²) in [6.45, 7) is 8.00. The zero-order valence-corrected chi connectivity index (χ0v) is 12.0. The van der Waals surface area contributed by atoms with Gasteiger partial charge in [-0.2, -0.15) is 0 Å². The molecule has 0 aliphatic carbocycles. The van der Waals surface area contributed by atoms with Crippen LogP contribution in [0.5, 0.6) is 0 Å². The molecule has 0 radical (unpaired) electrons. The Bertz CT molecular complexity index is 628. The third kappa shape index (κ3) is 2.34. The molecule has 0 amide bonds. The molecular weight excluding hydrogens is 246 g/mol. The van der Waals surface area contributed by atoms with Gasteiger partial charge in [0.05, 0.1) is 10.6 Å². The quantitative estimate of drug-likeness (QED) is 0.782. The first kappa shape index (κ1) is 14.5. The molecule has 0 aromatic heterocycles. The molecule has 0 saturated carbocycles. The van der Waals surface area contributed by atoms with Crippen LogP contribution in [0.4, 0.5) is 5.69 Å². The Labute approximate surface area is 109 Å². The van der Waals surface area contributed by atoms with Crippen molar-refractivity contribution in [1.29, 1.82) is 0 Å².